The molecule has 0 unspecified atom stereocenters. The maximum Gasteiger partial charge on any atom is 0.261 e. The molecule has 4 rings (SSSR count). The van der Waals surface area contributed by atoms with Crippen LogP contribution in [0.5, 0.6) is 0 Å². The van der Waals surface area contributed by atoms with Gasteiger partial charge in [-0.25, -0.2) is 8.42 Å². The van der Waals surface area contributed by atoms with Crippen LogP contribution in [0.15, 0.2) is 47.4 Å². The monoisotopic (exact) mass is 457 g/mol. The molecule has 0 aromatic heterocycles. The van der Waals surface area contributed by atoms with Crippen LogP contribution in [0.2, 0.25) is 0 Å². The smallest absolute Gasteiger partial charge is 0.261 e. The molecule has 0 aliphatic carbocycles. The van der Waals surface area contributed by atoms with E-state index in [-0.39, 0.29) is 16.9 Å². The van der Waals surface area contributed by atoms with Crippen LogP contribution in [-0.4, -0.2) is 46.7 Å². The minimum Gasteiger partial charge on any atom is -0.376 e. The van der Waals surface area contributed by atoms with Crippen molar-refractivity contribution in [1.82, 2.24) is 5.32 Å². The summed E-state index contributed by atoms with van der Waals surface area (Å²) in [6.07, 6.45) is 5.30. The van der Waals surface area contributed by atoms with E-state index in [1.807, 2.05) is 13.0 Å². The van der Waals surface area contributed by atoms with Crippen LogP contribution in [0, 0.1) is 6.92 Å². The van der Waals surface area contributed by atoms with Crippen molar-refractivity contribution in [3.63, 3.8) is 0 Å². The van der Waals surface area contributed by atoms with Crippen molar-refractivity contribution >= 4 is 27.3 Å². The van der Waals surface area contributed by atoms with E-state index in [2.05, 4.69) is 14.9 Å². The quantitative estimate of drug-likeness (QED) is 0.662. The minimum atomic E-state index is -3.79. The van der Waals surface area contributed by atoms with E-state index in [9.17, 15) is 13.2 Å². The highest BCUT2D eigenvalue weighted by atomic mass is 32.2. The van der Waals surface area contributed by atoms with E-state index in [1.165, 1.54) is 6.42 Å². The van der Waals surface area contributed by atoms with Crippen LogP contribution < -0.4 is 14.9 Å². The van der Waals surface area contributed by atoms with E-state index in [1.54, 1.807) is 36.4 Å². The summed E-state index contributed by atoms with van der Waals surface area (Å²) in [5.74, 6) is -0.235. The number of rotatable bonds is 7. The Morgan fingerprint density at radius 3 is 2.50 bits per heavy atom. The Morgan fingerprint density at radius 2 is 1.81 bits per heavy atom. The Kier molecular flexibility index (Phi) is 7.01. The van der Waals surface area contributed by atoms with Crippen molar-refractivity contribution in [1.29, 1.82) is 0 Å². The summed E-state index contributed by atoms with van der Waals surface area (Å²) >= 11 is 0. The second-order valence-electron chi connectivity index (χ2n) is 8.54. The summed E-state index contributed by atoms with van der Waals surface area (Å²) in [6.45, 7) is 4.83. The third-order valence-electron chi connectivity index (χ3n) is 6.05. The maximum atomic E-state index is 13.1. The zero-order chi connectivity index (χ0) is 22.6. The molecular weight excluding hydrogens is 426 g/mol. The van der Waals surface area contributed by atoms with Gasteiger partial charge in [0.25, 0.3) is 15.9 Å². The second kappa shape index (κ2) is 9.92. The van der Waals surface area contributed by atoms with Crippen LogP contribution in [0.25, 0.3) is 0 Å². The third-order valence-corrected chi connectivity index (χ3v) is 7.43. The largest absolute Gasteiger partial charge is 0.376 e. The fourth-order valence-electron chi connectivity index (χ4n) is 4.20. The molecular formula is C24H31N3O4S. The molecule has 2 heterocycles. The van der Waals surface area contributed by atoms with Gasteiger partial charge < -0.3 is 15.0 Å². The highest BCUT2D eigenvalue weighted by molar-refractivity contribution is 7.92. The first kappa shape index (κ1) is 22.6. The van der Waals surface area contributed by atoms with Gasteiger partial charge in [-0.15, -0.1) is 0 Å². The number of hydrogen-bond donors (Lipinski definition) is 2. The Morgan fingerprint density at radius 1 is 1.06 bits per heavy atom. The number of ether oxygens (including phenoxy) is 1. The Labute approximate surface area is 190 Å². The first-order chi connectivity index (χ1) is 15.4. The summed E-state index contributed by atoms with van der Waals surface area (Å²) in [5.41, 5.74) is 2.64. The van der Waals surface area contributed by atoms with Crippen LogP contribution in [0.3, 0.4) is 0 Å². The predicted octanol–water partition coefficient (Wildman–Crippen LogP) is 3.69. The van der Waals surface area contributed by atoms with E-state index in [4.69, 9.17) is 4.74 Å². The topological polar surface area (TPSA) is 87.7 Å². The standard InChI is InChI=1S/C24H31N3O4S/c1-18-7-10-21(11-8-18)32(29,30)26-22-16-19(24(28)25-17-20-6-5-15-31-20)9-12-23(22)27-13-3-2-4-14-27/h7-12,16,20,26H,2-6,13-15,17H2,1H3,(H,25,28)/t20-/m1/s1. The average Bonchev–Trinajstić information content (AvgIpc) is 3.32. The van der Waals surface area contributed by atoms with Crippen molar-refractivity contribution < 1.29 is 17.9 Å². The molecule has 2 aliphatic rings. The molecule has 0 bridgehead atoms. The lowest BCUT2D eigenvalue weighted by Gasteiger charge is -2.31. The maximum absolute atomic E-state index is 13.1. The Balaban J connectivity index is 1.59. The van der Waals surface area contributed by atoms with Gasteiger partial charge in [-0.05, 0) is 69.4 Å². The molecule has 7 nitrogen and oxygen atoms in total. The lowest BCUT2D eigenvalue weighted by atomic mass is 10.1. The number of carbonyl (C=O) groups excluding carboxylic acids is 1. The van der Waals surface area contributed by atoms with Crippen LogP contribution in [-0.2, 0) is 14.8 Å². The summed E-state index contributed by atoms with van der Waals surface area (Å²) in [5, 5.41) is 2.91. The average molecular weight is 458 g/mol. The normalized spacial score (nSPS) is 19.0. The van der Waals surface area contributed by atoms with Gasteiger partial charge in [0.2, 0.25) is 0 Å². The lowest BCUT2D eigenvalue weighted by molar-refractivity contribution is 0.0858. The van der Waals surface area contributed by atoms with Gasteiger partial charge in [-0.3, -0.25) is 9.52 Å². The Bertz CT molecular complexity index is 1040. The molecule has 2 aromatic carbocycles. The van der Waals surface area contributed by atoms with E-state index in [0.29, 0.717) is 17.8 Å². The molecule has 172 valence electrons. The molecule has 1 amide bonds. The molecule has 0 spiro atoms. The number of carbonyl (C=O) groups is 1. The van der Waals surface area contributed by atoms with Crippen molar-refractivity contribution in [3.05, 3.63) is 53.6 Å². The van der Waals surface area contributed by atoms with Crippen LogP contribution >= 0.6 is 0 Å². The minimum absolute atomic E-state index is 0.0473. The van der Waals surface area contributed by atoms with Gasteiger partial charge in [-0.1, -0.05) is 17.7 Å². The number of benzene rings is 2. The van der Waals surface area contributed by atoms with Gasteiger partial charge in [0.1, 0.15) is 0 Å². The number of sulfonamides is 1. The van der Waals surface area contributed by atoms with E-state index in [0.717, 1.165) is 56.6 Å². The first-order valence-corrected chi connectivity index (χ1v) is 12.8. The van der Waals surface area contributed by atoms with Crippen molar-refractivity contribution in [2.75, 3.05) is 35.9 Å². The van der Waals surface area contributed by atoms with Gasteiger partial charge in [-0.2, -0.15) is 0 Å². The summed E-state index contributed by atoms with van der Waals surface area (Å²) in [7, 11) is -3.79. The number of nitrogens with zero attached hydrogens (tertiary/aromatic N) is 1. The molecule has 2 fully saturated rings. The molecule has 2 aromatic rings. The van der Waals surface area contributed by atoms with Gasteiger partial charge >= 0.3 is 0 Å². The zero-order valence-corrected chi connectivity index (χ0v) is 19.3. The second-order valence-corrected chi connectivity index (χ2v) is 10.2. The predicted molar refractivity (Wildman–Crippen MR) is 126 cm³/mol. The molecule has 0 saturated carbocycles. The first-order valence-electron chi connectivity index (χ1n) is 11.3. The van der Waals surface area contributed by atoms with Crippen molar-refractivity contribution in [3.8, 4) is 0 Å². The number of anilines is 2. The van der Waals surface area contributed by atoms with Crippen LogP contribution in [0.1, 0.15) is 48.0 Å². The zero-order valence-electron chi connectivity index (χ0n) is 18.5. The number of amides is 1. The molecule has 2 aliphatic heterocycles. The fourth-order valence-corrected chi connectivity index (χ4v) is 5.27. The highest BCUT2D eigenvalue weighted by Crippen LogP contribution is 2.31. The molecule has 2 saturated heterocycles. The molecule has 2 N–H and O–H groups in total. The number of aryl methyl sites for hydroxylation is 1. The van der Waals surface area contributed by atoms with Gasteiger partial charge in [0.15, 0.2) is 0 Å². The summed E-state index contributed by atoms with van der Waals surface area (Å²) in [4.78, 5) is 15.1. The molecule has 8 heteroatoms. The van der Waals surface area contributed by atoms with Gasteiger partial charge in [0, 0.05) is 31.8 Å². The summed E-state index contributed by atoms with van der Waals surface area (Å²) in [6, 6.07) is 12.0. The third kappa shape index (κ3) is 5.42. The molecule has 0 radical (unpaired) electrons. The van der Waals surface area contributed by atoms with Crippen LogP contribution in [0.4, 0.5) is 11.4 Å². The SMILES string of the molecule is Cc1ccc(S(=O)(=O)Nc2cc(C(=O)NC[C@H]3CCCO3)ccc2N2CCCCC2)cc1. The van der Waals surface area contributed by atoms with Crippen molar-refractivity contribution in [2.24, 2.45) is 0 Å². The number of piperidine rings is 1. The number of hydrogen-bond acceptors (Lipinski definition) is 5. The highest BCUT2D eigenvalue weighted by Gasteiger charge is 2.22. The van der Waals surface area contributed by atoms with E-state index >= 15 is 0 Å². The lowest BCUT2D eigenvalue weighted by Crippen LogP contribution is -2.32. The molecule has 32 heavy (non-hydrogen) atoms. The van der Waals surface area contributed by atoms with Gasteiger partial charge in [0.05, 0.1) is 22.4 Å². The van der Waals surface area contributed by atoms with Crippen molar-refractivity contribution in [2.45, 2.75) is 50.0 Å². The number of nitrogens with one attached hydrogen (secondary N) is 2. The molecule has 1 atom stereocenters. The van der Waals surface area contributed by atoms with E-state index < -0.39 is 10.0 Å². The fraction of sp³-hybridized carbons (Fsp3) is 0.458. The Hall–Kier alpha value is -2.58. The summed E-state index contributed by atoms with van der Waals surface area (Å²) < 4.78 is 34.5.